The quantitative estimate of drug-likeness (QED) is 0.748. The zero-order chi connectivity index (χ0) is 18.4. The lowest BCUT2D eigenvalue weighted by molar-refractivity contribution is -0.125. The Balaban J connectivity index is 1.17. The van der Waals surface area contributed by atoms with Crippen LogP contribution < -0.4 is 19.7 Å². The zero-order valence-electron chi connectivity index (χ0n) is 14.3. The van der Waals surface area contributed by atoms with Crippen molar-refractivity contribution < 1.29 is 18.7 Å². The van der Waals surface area contributed by atoms with Crippen molar-refractivity contribution in [2.45, 2.75) is 6.54 Å². The van der Waals surface area contributed by atoms with Gasteiger partial charge in [-0.2, -0.15) is 0 Å². The van der Waals surface area contributed by atoms with Crippen LogP contribution in [0.15, 0.2) is 36.4 Å². The van der Waals surface area contributed by atoms with Crippen molar-refractivity contribution in [1.29, 1.82) is 0 Å². The van der Waals surface area contributed by atoms with Crippen molar-refractivity contribution in [3.8, 4) is 11.5 Å². The Morgan fingerprint density at radius 2 is 2.07 bits per heavy atom. The molecule has 5 rings (SSSR count). The molecule has 0 spiro atoms. The van der Waals surface area contributed by atoms with Gasteiger partial charge >= 0.3 is 0 Å². The van der Waals surface area contributed by atoms with Crippen LogP contribution in [0.25, 0.3) is 10.2 Å². The Labute approximate surface area is 158 Å². The molecule has 0 radical (unpaired) electrons. The number of anilines is 1. The summed E-state index contributed by atoms with van der Waals surface area (Å²) in [5.74, 6) is 1.14. The number of fused-ring (bicyclic) bond motifs is 2. The fourth-order valence-electron chi connectivity index (χ4n) is 3.21. The summed E-state index contributed by atoms with van der Waals surface area (Å²) in [6, 6.07) is 10.2. The highest BCUT2D eigenvalue weighted by Crippen LogP contribution is 2.34. The molecule has 0 bridgehead atoms. The number of hydrogen-bond acceptors (Lipinski definition) is 6. The normalized spacial score (nSPS) is 15.8. The van der Waals surface area contributed by atoms with Gasteiger partial charge in [0.05, 0.1) is 16.1 Å². The van der Waals surface area contributed by atoms with Gasteiger partial charge in [-0.15, -0.1) is 0 Å². The molecule has 1 N–H and O–H groups in total. The Hall–Kier alpha value is -2.87. The first-order chi connectivity index (χ1) is 13.2. The maximum absolute atomic E-state index is 13.3. The highest BCUT2D eigenvalue weighted by Gasteiger charge is 2.34. The molecule has 0 atom stereocenters. The van der Waals surface area contributed by atoms with E-state index >= 15 is 0 Å². The highest BCUT2D eigenvalue weighted by atomic mass is 32.1. The predicted molar refractivity (Wildman–Crippen MR) is 99.7 cm³/mol. The summed E-state index contributed by atoms with van der Waals surface area (Å²) in [4.78, 5) is 18.9. The Morgan fingerprint density at radius 1 is 1.22 bits per heavy atom. The first kappa shape index (κ1) is 16.3. The second kappa shape index (κ2) is 6.38. The van der Waals surface area contributed by atoms with Gasteiger partial charge in [0, 0.05) is 19.6 Å². The number of rotatable bonds is 4. The number of aromatic nitrogens is 1. The largest absolute Gasteiger partial charge is 0.454 e. The molecule has 2 aromatic carbocycles. The van der Waals surface area contributed by atoms with E-state index in [1.807, 2.05) is 23.1 Å². The Bertz CT molecular complexity index is 1030. The minimum Gasteiger partial charge on any atom is -0.454 e. The molecule has 2 aliphatic heterocycles. The molecule has 138 valence electrons. The molecule has 27 heavy (non-hydrogen) atoms. The molecule has 1 saturated heterocycles. The second-order valence-electron chi connectivity index (χ2n) is 6.62. The summed E-state index contributed by atoms with van der Waals surface area (Å²) in [6.45, 7) is 1.93. The van der Waals surface area contributed by atoms with Gasteiger partial charge in [0.1, 0.15) is 5.82 Å². The summed E-state index contributed by atoms with van der Waals surface area (Å²) in [5, 5.41) is 3.80. The van der Waals surface area contributed by atoms with Gasteiger partial charge in [0.25, 0.3) is 0 Å². The third-order valence-electron chi connectivity index (χ3n) is 4.77. The summed E-state index contributed by atoms with van der Waals surface area (Å²) in [7, 11) is 0. The van der Waals surface area contributed by atoms with E-state index in [9.17, 15) is 9.18 Å². The van der Waals surface area contributed by atoms with E-state index in [1.165, 1.54) is 23.5 Å². The molecule has 1 fully saturated rings. The van der Waals surface area contributed by atoms with Crippen LogP contribution in [-0.4, -0.2) is 30.8 Å². The number of benzene rings is 2. The third-order valence-corrected chi connectivity index (χ3v) is 5.84. The van der Waals surface area contributed by atoms with Gasteiger partial charge in [-0.05, 0) is 35.9 Å². The maximum Gasteiger partial charge on any atom is 0.231 e. The van der Waals surface area contributed by atoms with Gasteiger partial charge < -0.3 is 19.7 Å². The third kappa shape index (κ3) is 3.06. The number of thiazole rings is 1. The van der Waals surface area contributed by atoms with E-state index in [4.69, 9.17) is 9.47 Å². The smallest absolute Gasteiger partial charge is 0.231 e. The van der Waals surface area contributed by atoms with Gasteiger partial charge in [-0.3, -0.25) is 4.79 Å². The van der Waals surface area contributed by atoms with Crippen LogP contribution in [0.3, 0.4) is 0 Å². The number of halogens is 1. The van der Waals surface area contributed by atoms with Gasteiger partial charge in [-0.25, -0.2) is 9.37 Å². The molecule has 2 aliphatic rings. The predicted octanol–water partition coefficient (Wildman–Crippen LogP) is 2.92. The summed E-state index contributed by atoms with van der Waals surface area (Å²) < 4.78 is 24.8. The fourth-order valence-corrected chi connectivity index (χ4v) is 4.22. The average molecular weight is 385 g/mol. The molecule has 0 aliphatic carbocycles. The minimum atomic E-state index is -0.262. The van der Waals surface area contributed by atoms with E-state index in [-0.39, 0.29) is 24.4 Å². The van der Waals surface area contributed by atoms with Crippen molar-refractivity contribution >= 4 is 32.6 Å². The number of hydrogen-bond donors (Lipinski definition) is 1. The molecule has 1 amide bonds. The molecular formula is C19H16FN3O3S. The van der Waals surface area contributed by atoms with Crippen molar-refractivity contribution in [3.05, 3.63) is 47.8 Å². The number of ether oxygens (including phenoxy) is 2. The summed E-state index contributed by atoms with van der Waals surface area (Å²) in [5.41, 5.74) is 1.75. The molecule has 6 nitrogen and oxygen atoms in total. The molecule has 3 aromatic rings. The van der Waals surface area contributed by atoms with Crippen molar-refractivity contribution in [2.24, 2.45) is 5.92 Å². The number of nitrogens with one attached hydrogen (secondary N) is 1. The summed E-state index contributed by atoms with van der Waals surface area (Å²) in [6.07, 6.45) is 0. The van der Waals surface area contributed by atoms with Crippen LogP contribution in [-0.2, 0) is 11.3 Å². The molecule has 0 saturated carbocycles. The molecular weight excluding hydrogens is 369 g/mol. The first-order valence-corrected chi connectivity index (χ1v) is 9.45. The zero-order valence-corrected chi connectivity index (χ0v) is 15.1. The van der Waals surface area contributed by atoms with E-state index in [2.05, 4.69) is 10.3 Å². The van der Waals surface area contributed by atoms with Crippen LogP contribution in [0.4, 0.5) is 9.52 Å². The monoisotopic (exact) mass is 385 g/mol. The van der Waals surface area contributed by atoms with E-state index in [0.717, 1.165) is 26.7 Å². The fraction of sp³-hybridized carbons (Fsp3) is 0.263. The van der Waals surface area contributed by atoms with Gasteiger partial charge in [-0.1, -0.05) is 17.4 Å². The van der Waals surface area contributed by atoms with Crippen molar-refractivity contribution in [3.63, 3.8) is 0 Å². The highest BCUT2D eigenvalue weighted by molar-refractivity contribution is 7.22. The van der Waals surface area contributed by atoms with Crippen LogP contribution in [0.1, 0.15) is 5.56 Å². The minimum absolute atomic E-state index is 0.0241. The lowest BCUT2D eigenvalue weighted by Gasteiger charge is -2.37. The topological polar surface area (TPSA) is 63.7 Å². The number of amides is 1. The standard InChI is InChI=1S/C19H16FN3O3S/c20-13-2-3-14-17(6-13)27-19(22-14)23-8-12(9-23)18(24)21-7-11-1-4-15-16(5-11)26-10-25-15/h1-6,12H,7-10H2,(H,21,24). The van der Waals surface area contributed by atoms with Gasteiger partial charge in [0.2, 0.25) is 12.7 Å². The molecule has 8 heteroatoms. The molecule has 3 heterocycles. The van der Waals surface area contributed by atoms with Crippen LogP contribution >= 0.6 is 11.3 Å². The van der Waals surface area contributed by atoms with E-state index < -0.39 is 0 Å². The second-order valence-corrected chi connectivity index (χ2v) is 7.62. The van der Waals surface area contributed by atoms with Crippen LogP contribution in [0, 0.1) is 11.7 Å². The van der Waals surface area contributed by atoms with Gasteiger partial charge in [0.15, 0.2) is 16.6 Å². The number of nitrogens with zero attached hydrogens (tertiary/aromatic N) is 2. The molecule has 0 unspecified atom stereocenters. The first-order valence-electron chi connectivity index (χ1n) is 8.63. The average Bonchev–Trinajstić information content (AvgIpc) is 3.24. The molecule has 1 aromatic heterocycles. The SMILES string of the molecule is O=C(NCc1ccc2c(c1)OCO2)C1CN(c2nc3ccc(F)cc3s2)C1. The lowest BCUT2D eigenvalue weighted by atomic mass is 10.00. The van der Waals surface area contributed by atoms with E-state index in [1.54, 1.807) is 6.07 Å². The number of carbonyl (C=O) groups is 1. The lowest BCUT2D eigenvalue weighted by Crippen LogP contribution is -2.53. The Kier molecular flexibility index (Phi) is 3.86. The van der Waals surface area contributed by atoms with Crippen molar-refractivity contribution in [1.82, 2.24) is 10.3 Å². The maximum atomic E-state index is 13.3. The van der Waals surface area contributed by atoms with Crippen LogP contribution in [0.2, 0.25) is 0 Å². The van der Waals surface area contributed by atoms with Crippen LogP contribution in [0.5, 0.6) is 11.5 Å². The summed E-state index contributed by atoms with van der Waals surface area (Å²) >= 11 is 1.45. The Morgan fingerprint density at radius 3 is 2.96 bits per heavy atom. The van der Waals surface area contributed by atoms with Crippen molar-refractivity contribution in [2.75, 3.05) is 24.8 Å². The number of carbonyl (C=O) groups excluding carboxylic acids is 1. The van der Waals surface area contributed by atoms with E-state index in [0.29, 0.717) is 25.4 Å².